The number of nitrogens with one attached hydrogen (secondary N) is 2. The minimum atomic E-state index is -0.925. The zero-order valence-corrected chi connectivity index (χ0v) is 9.77. The molecular weight excluding hydrogens is 232 g/mol. The number of hydrogen-bond acceptors (Lipinski definition) is 4. The van der Waals surface area contributed by atoms with Gasteiger partial charge in [-0.05, 0) is 18.6 Å². The third-order valence-electron chi connectivity index (χ3n) is 3.24. The van der Waals surface area contributed by atoms with Gasteiger partial charge in [-0.15, -0.1) is 0 Å². The van der Waals surface area contributed by atoms with Crippen LogP contribution in [0.2, 0.25) is 0 Å². The van der Waals surface area contributed by atoms with Crippen molar-refractivity contribution < 1.29 is 9.53 Å². The van der Waals surface area contributed by atoms with Crippen LogP contribution in [-0.2, 0) is 9.53 Å². The fraction of sp³-hybridized carbons (Fsp3) is 0.333. The molecule has 0 saturated carbocycles. The molecule has 94 valence electrons. The molecule has 0 spiro atoms. The van der Waals surface area contributed by atoms with Crippen LogP contribution in [-0.4, -0.2) is 34.9 Å². The Morgan fingerprint density at radius 2 is 2.44 bits per heavy atom. The van der Waals surface area contributed by atoms with Crippen LogP contribution in [0, 0.1) is 0 Å². The Hall–Kier alpha value is -1.92. The molecular formula is C12H14N4O2. The number of carbonyl (C=O) groups excluding carboxylic acids is 1. The summed E-state index contributed by atoms with van der Waals surface area (Å²) in [5, 5.41) is 10.5. The van der Waals surface area contributed by atoms with E-state index in [1.807, 2.05) is 18.2 Å². The molecule has 3 rings (SSSR count). The predicted octanol–water partition coefficient (Wildman–Crippen LogP) is 0.619. The lowest BCUT2D eigenvalue weighted by Gasteiger charge is -2.20. The van der Waals surface area contributed by atoms with Crippen LogP contribution in [0.4, 0.5) is 5.69 Å². The Kier molecular flexibility index (Phi) is 2.53. The Morgan fingerprint density at radius 1 is 1.56 bits per heavy atom. The summed E-state index contributed by atoms with van der Waals surface area (Å²) in [5.41, 5.74) is 6.67. The molecule has 6 nitrogen and oxygen atoms in total. The van der Waals surface area contributed by atoms with E-state index in [1.54, 1.807) is 6.20 Å². The summed E-state index contributed by atoms with van der Waals surface area (Å²) in [4.78, 5) is 12.2. The Labute approximate surface area is 103 Å². The molecule has 1 aliphatic heterocycles. The van der Waals surface area contributed by atoms with E-state index in [1.165, 1.54) is 0 Å². The van der Waals surface area contributed by atoms with Gasteiger partial charge in [-0.25, -0.2) is 0 Å². The first kappa shape index (κ1) is 11.2. The van der Waals surface area contributed by atoms with Crippen molar-refractivity contribution in [3.63, 3.8) is 0 Å². The van der Waals surface area contributed by atoms with Gasteiger partial charge < -0.3 is 15.8 Å². The fourth-order valence-corrected chi connectivity index (χ4v) is 2.08. The van der Waals surface area contributed by atoms with E-state index in [9.17, 15) is 4.79 Å². The maximum Gasteiger partial charge on any atom is 0.246 e. The average molecular weight is 246 g/mol. The smallest absolute Gasteiger partial charge is 0.246 e. The molecule has 6 heteroatoms. The molecule has 1 amide bonds. The molecule has 4 N–H and O–H groups in total. The van der Waals surface area contributed by atoms with Gasteiger partial charge in [0.25, 0.3) is 0 Å². The first-order valence-electron chi connectivity index (χ1n) is 5.79. The molecule has 1 saturated heterocycles. The Bertz CT molecular complexity index is 587. The molecule has 1 aromatic heterocycles. The van der Waals surface area contributed by atoms with Crippen LogP contribution in [0.3, 0.4) is 0 Å². The molecule has 1 aliphatic rings. The largest absolute Gasteiger partial charge is 0.379 e. The number of ether oxygens (including phenoxy) is 1. The highest BCUT2D eigenvalue weighted by Crippen LogP contribution is 2.23. The number of aromatic nitrogens is 2. The molecule has 1 aromatic carbocycles. The third-order valence-corrected chi connectivity index (χ3v) is 3.24. The van der Waals surface area contributed by atoms with E-state index < -0.39 is 5.54 Å². The van der Waals surface area contributed by atoms with Crippen LogP contribution in [0.15, 0.2) is 24.4 Å². The van der Waals surface area contributed by atoms with Gasteiger partial charge in [-0.3, -0.25) is 9.89 Å². The number of benzene rings is 1. The van der Waals surface area contributed by atoms with Gasteiger partial charge in [0.1, 0.15) is 5.54 Å². The van der Waals surface area contributed by atoms with E-state index in [2.05, 4.69) is 15.5 Å². The SMILES string of the molecule is NC1(C(=O)Nc2cccc3[nH]ncc23)CCOC1. The standard InChI is InChI=1S/C12H14N4O2/c13-12(4-5-18-7-12)11(17)15-9-2-1-3-10-8(9)6-14-16-10/h1-3,6H,4-5,7,13H2,(H,14,16)(H,15,17). The Morgan fingerprint density at radius 3 is 3.22 bits per heavy atom. The first-order valence-corrected chi connectivity index (χ1v) is 5.79. The number of hydrogen-bond donors (Lipinski definition) is 3. The van der Waals surface area contributed by atoms with Crippen molar-refractivity contribution in [3.05, 3.63) is 24.4 Å². The van der Waals surface area contributed by atoms with Gasteiger partial charge in [0.2, 0.25) is 5.91 Å². The average Bonchev–Trinajstić information content (AvgIpc) is 2.98. The molecule has 0 bridgehead atoms. The summed E-state index contributed by atoms with van der Waals surface area (Å²) in [5.74, 6) is -0.214. The molecule has 0 aliphatic carbocycles. The number of amides is 1. The van der Waals surface area contributed by atoms with Crippen LogP contribution in [0.5, 0.6) is 0 Å². The minimum absolute atomic E-state index is 0.214. The number of carbonyl (C=O) groups is 1. The number of nitrogens with two attached hydrogens (primary N) is 1. The highest BCUT2D eigenvalue weighted by molar-refractivity contribution is 6.04. The highest BCUT2D eigenvalue weighted by Gasteiger charge is 2.38. The Balaban J connectivity index is 1.88. The fourth-order valence-electron chi connectivity index (χ4n) is 2.08. The summed E-state index contributed by atoms with van der Waals surface area (Å²) >= 11 is 0. The van der Waals surface area contributed by atoms with Crippen LogP contribution < -0.4 is 11.1 Å². The summed E-state index contributed by atoms with van der Waals surface area (Å²) in [7, 11) is 0. The lowest BCUT2D eigenvalue weighted by atomic mass is 9.99. The molecule has 2 heterocycles. The number of anilines is 1. The van der Waals surface area contributed by atoms with Crippen molar-refractivity contribution in [2.24, 2.45) is 5.73 Å². The molecule has 1 unspecified atom stereocenters. The molecule has 1 fully saturated rings. The molecule has 0 radical (unpaired) electrons. The van der Waals surface area contributed by atoms with Crippen LogP contribution in [0.25, 0.3) is 10.9 Å². The van der Waals surface area contributed by atoms with Crippen molar-refractivity contribution in [3.8, 4) is 0 Å². The van der Waals surface area contributed by atoms with Crippen molar-refractivity contribution in [2.75, 3.05) is 18.5 Å². The third kappa shape index (κ3) is 1.75. The lowest BCUT2D eigenvalue weighted by Crippen LogP contribution is -2.51. The van der Waals surface area contributed by atoms with E-state index >= 15 is 0 Å². The van der Waals surface area contributed by atoms with Gasteiger partial charge in [-0.2, -0.15) is 5.10 Å². The van der Waals surface area contributed by atoms with Gasteiger partial charge >= 0.3 is 0 Å². The second kappa shape index (κ2) is 4.08. The van der Waals surface area contributed by atoms with Crippen molar-refractivity contribution in [1.29, 1.82) is 0 Å². The normalized spacial score (nSPS) is 23.4. The second-order valence-electron chi connectivity index (χ2n) is 4.55. The van der Waals surface area contributed by atoms with E-state index in [0.29, 0.717) is 18.7 Å². The first-order chi connectivity index (χ1) is 8.69. The van der Waals surface area contributed by atoms with Gasteiger partial charge in [-0.1, -0.05) is 6.07 Å². The number of aromatic amines is 1. The number of nitrogens with zero attached hydrogens (tertiary/aromatic N) is 1. The summed E-state index contributed by atoms with van der Waals surface area (Å²) in [6.45, 7) is 0.792. The monoisotopic (exact) mass is 246 g/mol. The maximum atomic E-state index is 12.2. The predicted molar refractivity (Wildman–Crippen MR) is 67.1 cm³/mol. The van der Waals surface area contributed by atoms with E-state index in [4.69, 9.17) is 10.5 Å². The molecule has 18 heavy (non-hydrogen) atoms. The second-order valence-corrected chi connectivity index (χ2v) is 4.55. The van der Waals surface area contributed by atoms with Gasteiger partial charge in [0, 0.05) is 12.0 Å². The topological polar surface area (TPSA) is 93.0 Å². The van der Waals surface area contributed by atoms with Crippen molar-refractivity contribution >= 4 is 22.5 Å². The maximum absolute atomic E-state index is 12.2. The molecule has 2 aromatic rings. The van der Waals surface area contributed by atoms with Crippen LogP contribution >= 0.6 is 0 Å². The summed E-state index contributed by atoms with van der Waals surface area (Å²) < 4.78 is 5.19. The van der Waals surface area contributed by atoms with E-state index in [-0.39, 0.29) is 12.5 Å². The summed E-state index contributed by atoms with van der Waals surface area (Å²) in [6.07, 6.45) is 2.22. The van der Waals surface area contributed by atoms with Crippen molar-refractivity contribution in [2.45, 2.75) is 12.0 Å². The number of rotatable bonds is 2. The van der Waals surface area contributed by atoms with E-state index in [0.717, 1.165) is 10.9 Å². The highest BCUT2D eigenvalue weighted by atomic mass is 16.5. The number of H-pyrrole nitrogens is 1. The van der Waals surface area contributed by atoms with Gasteiger partial charge in [0.15, 0.2) is 0 Å². The van der Waals surface area contributed by atoms with Gasteiger partial charge in [0.05, 0.1) is 24.0 Å². The lowest BCUT2D eigenvalue weighted by molar-refractivity contribution is -0.121. The molecule has 1 atom stereocenters. The zero-order valence-electron chi connectivity index (χ0n) is 9.77. The summed E-state index contributed by atoms with van der Waals surface area (Å²) in [6, 6.07) is 5.58. The van der Waals surface area contributed by atoms with Crippen molar-refractivity contribution in [1.82, 2.24) is 10.2 Å². The number of fused-ring (bicyclic) bond motifs is 1. The quantitative estimate of drug-likeness (QED) is 0.724. The minimum Gasteiger partial charge on any atom is -0.379 e. The van der Waals surface area contributed by atoms with Crippen LogP contribution in [0.1, 0.15) is 6.42 Å². The zero-order chi connectivity index (χ0) is 12.6.